The average Bonchev–Trinajstić information content (AvgIpc) is 2.19. The summed E-state index contributed by atoms with van der Waals surface area (Å²) >= 11 is 0. The van der Waals surface area contributed by atoms with Crippen LogP contribution in [0, 0.1) is 11.3 Å². The van der Waals surface area contributed by atoms with Gasteiger partial charge in [0.1, 0.15) is 0 Å². The summed E-state index contributed by atoms with van der Waals surface area (Å²) in [6, 6.07) is 9.52. The van der Waals surface area contributed by atoms with E-state index >= 15 is 0 Å². The molecule has 1 aromatic rings. The van der Waals surface area contributed by atoms with Gasteiger partial charge in [-0.1, -0.05) is 12.1 Å². The maximum absolute atomic E-state index is 8.63. The lowest BCUT2D eigenvalue weighted by Crippen LogP contribution is -2.13. The van der Waals surface area contributed by atoms with Crippen LogP contribution in [0.25, 0.3) is 0 Å². The van der Waals surface area contributed by atoms with E-state index in [1.807, 2.05) is 25.1 Å². The third-order valence-corrected chi connectivity index (χ3v) is 1.58. The number of benzene rings is 1. The van der Waals surface area contributed by atoms with Crippen LogP contribution in [-0.4, -0.2) is 6.61 Å². The molecule has 0 fully saturated rings. The van der Waals surface area contributed by atoms with Gasteiger partial charge >= 0.3 is 0 Å². The Morgan fingerprint density at radius 1 is 1.54 bits per heavy atom. The first-order chi connectivity index (χ1) is 6.36. The fourth-order valence-corrected chi connectivity index (χ4v) is 0.987. The summed E-state index contributed by atoms with van der Waals surface area (Å²) in [5, 5.41) is 8.63. The van der Waals surface area contributed by atoms with Gasteiger partial charge in [0.05, 0.1) is 18.2 Å². The van der Waals surface area contributed by atoms with E-state index in [0.29, 0.717) is 18.7 Å². The molecule has 0 atom stereocenters. The largest absolute Gasteiger partial charge is 0.302 e. The number of nitrogens with one attached hydrogen (secondary N) is 1. The number of rotatable bonds is 4. The lowest BCUT2D eigenvalue weighted by atomic mass is 10.1. The molecule has 0 bridgehead atoms. The van der Waals surface area contributed by atoms with Gasteiger partial charge in [-0.25, -0.2) is 0 Å². The molecule has 3 nitrogen and oxygen atoms in total. The fourth-order valence-electron chi connectivity index (χ4n) is 0.987. The van der Waals surface area contributed by atoms with Crippen molar-refractivity contribution in [3.05, 3.63) is 35.4 Å². The zero-order valence-electron chi connectivity index (χ0n) is 7.58. The van der Waals surface area contributed by atoms with Crippen LogP contribution in [0.15, 0.2) is 24.3 Å². The first-order valence-electron chi connectivity index (χ1n) is 4.20. The summed E-state index contributed by atoms with van der Waals surface area (Å²) in [5.41, 5.74) is 4.52. The second-order valence-corrected chi connectivity index (χ2v) is 2.57. The van der Waals surface area contributed by atoms with Gasteiger partial charge in [0.15, 0.2) is 0 Å². The Morgan fingerprint density at radius 2 is 2.38 bits per heavy atom. The zero-order valence-corrected chi connectivity index (χ0v) is 7.58. The van der Waals surface area contributed by atoms with Gasteiger partial charge in [-0.15, -0.1) is 0 Å². The Morgan fingerprint density at radius 3 is 3.08 bits per heavy atom. The normalized spacial score (nSPS) is 9.54. The quantitative estimate of drug-likeness (QED) is 0.559. The van der Waals surface area contributed by atoms with Crippen molar-refractivity contribution in [1.82, 2.24) is 5.48 Å². The predicted molar refractivity (Wildman–Crippen MR) is 49.6 cm³/mol. The van der Waals surface area contributed by atoms with Gasteiger partial charge in [-0.05, 0) is 24.6 Å². The lowest BCUT2D eigenvalue weighted by Gasteiger charge is -2.03. The van der Waals surface area contributed by atoms with Crippen molar-refractivity contribution < 1.29 is 4.84 Å². The van der Waals surface area contributed by atoms with Gasteiger partial charge < -0.3 is 4.84 Å². The smallest absolute Gasteiger partial charge is 0.0991 e. The number of nitriles is 1. The van der Waals surface area contributed by atoms with Crippen LogP contribution in [-0.2, 0) is 11.4 Å². The van der Waals surface area contributed by atoms with E-state index in [1.54, 1.807) is 6.07 Å². The standard InChI is InChI=1S/C10H12N2O/c1-2-13-12-8-10-5-3-4-9(6-10)7-11/h3-6,12H,2,8H2,1H3. The van der Waals surface area contributed by atoms with Crippen molar-refractivity contribution in [3.8, 4) is 6.07 Å². The van der Waals surface area contributed by atoms with Crippen LogP contribution in [0.3, 0.4) is 0 Å². The molecule has 0 saturated heterocycles. The minimum Gasteiger partial charge on any atom is -0.302 e. The first kappa shape index (κ1) is 9.72. The minimum atomic E-state index is 0.628. The van der Waals surface area contributed by atoms with Crippen molar-refractivity contribution >= 4 is 0 Å². The number of hydrogen-bond acceptors (Lipinski definition) is 3. The second-order valence-electron chi connectivity index (χ2n) is 2.57. The van der Waals surface area contributed by atoms with Crippen molar-refractivity contribution in [2.75, 3.05) is 6.61 Å². The highest BCUT2D eigenvalue weighted by molar-refractivity contribution is 5.32. The molecule has 0 aliphatic rings. The molecule has 68 valence electrons. The van der Waals surface area contributed by atoms with Gasteiger partial charge in [0, 0.05) is 6.54 Å². The molecule has 0 aliphatic carbocycles. The van der Waals surface area contributed by atoms with Crippen LogP contribution in [0.1, 0.15) is 18.1 Å². The van der Waals surface area contributed by atoms with Crippen molar-refractivity contribution in [3.63, 3.8) is 0 Å². The molecule has 0 unspecified atom stereocenters. The molecule has 0 amide bonds. The van der Waals surface area contributed by atoms with Gasteiger partial charge in [-0.2, -0.15) is 10.7 Å². The van der Waals surface area contributed by atoms with Crippen LogP contribution < -0.4 is 5.48 Å². The van der Waals surface area contributed by atoms with Crippen molar-refractivity contribution in [2.45, 2.75) is 13.5 Å². The summed E-state index contributed by atoms with van der Waals surface area (Å²) in [7, 11) is 0. The average molecular weight is 176 g/mol. The van der Waals surface area contributed by atoms with Crippen molar-refractivity contribution in [1.29, 1.82) is 5.26 Å². The number of hydroxylamine groups is 1. The summed E-state index contributed by atoms with van der Waals surface area (Å²) in [5.74, 6) is 0. The molecule has 0 spiro atoms. The van der Waals surface area contributed by atoms with E-state index in [9.17, 15) is 0 Å². The Labute approximate surface area is 77.9 Å². The Kier molecular flexibility index (Phi) is 3.97. The fraction of sp³-hybridized carbons (Fsp3) is 0.300. The summed E-state index contributed by atoms with van der Waals surface area (Å²) < 4.78 is 0. The van der Waals surface area contributed by atoms with E-state index in [0.717, 1.165) is 5.56 Å². The molecule has 1 rings (SSSR count). The van der Waals surface area contributed by atoms with E-state index in [-0.39, 0.29) is 0 Å². The molecule has 3 heteroatoms. The minimum absolute atomic E-state index is 0.628. The van der Waals surface area contributed by atoms with Gasteiger partial charge in [-0.3, -0.25) is 0 Å². The summed E-state index contributed by atoms with van der Waals surface area (Å²) in [6.07, 6.45) is 0. The highest BCUT2D eigenvalue weighted by Crippen LogP contribution is 2.03. The van der Waals surface area contributed by atoms with Crippen LogP contribution in [0.2, 0.25) is 0 Å². The molecular weight excluding hydrogens is 164 g/mol. The maximum Gasteiger partial charge on any atom is 0.0991 e. The Hall–Kier alpha value is -1.37. The molecule has 0 aliphatic heterocycles. The molecule has 1 N–H and O–H groups in total. The van der Waals surface area contributed by atoms with Crippen molar-refractivity contribution in [2.24, 2.45) is 0 Å². The van der Waals surface area contributed by atoms with Crippen LogP contribution in [0.4, 0.5) is 0 Å². The number of nitrogens with zero attached hydrogens (tertiary/aromatic N) is 1. The summed E-state index contributed by atoms with van der Waals surface area (Å²) in [6.45, 7) is 3.18. The molecule has 13 heavy (non-hydrogen) atoms. The van der Waals surface area contributed by atoms with Gasteiger partial charge in [0.2, 0.25) is 0 Å². The highest BCUT2D eigenvalue weighted by Gasteiger charge is 1.93. The Balaban J connectivity index is 2.52. The topological polar surface area (TPSA) is 45.0 Å². The molecule has 1 aromatic carbocycles. The molecular formula is C10H12N2O. The van der Waals surface area contributed by atoms with E-state index in [2.05, 4.69) is 11.5 Å². The predicted octanol–water partition coefficient (Wildman–Crippen LogP) is 1.60. The molecule has 0 saturated carbocycles. The maximum atomic E-state index is 8.63. The SMILES string of the molecule is CCONCc1cccc(C#N)c1. The van der Waals surface area contributed by atoms with E-state index in [1.165, 1.54) is 0 Å². The van der Waals surface area contributed by atoms with Crippen LogP contribution >= 0.6 is 0 Å². The van der Waals surface area contributed by atoms with E-state index < -0.39 is 0 Å². The number of hydrogen-bond donors (Lipinski definition) is 1. The molecule has 0 radical (unpaired) electrons. The molecule has 0 aromatic heterocycles. The van der Waals surface area contributed by atoms with Gasteiger partial charge in [0.25, 0.3) is 0 Å². The third kappa shape index (κ3) is 3.24. The summed E-state index contributed by atoms with van der Waals surface area (Å²) in [4.78, 5) is 4.98. The Bertz CT molecular complexity index is 304. The monoisotopic (exact) mass is 176 g/mol. The molecule has 0 heterocycles. The van der Waals surface area contributed by atoms with E-state index in [4.69, 9.17) is 10.1 Å². The first-order valence-corrected chi connectivity index (χ1v) is 4.20. The second kappa shape index (κ2) is 5.31. The third-order valence-electron chi connectivity index (χ3n) is 1.58. The lowest BCUT2D eigenvalue weighted by molar-refractivity contribution is 0.0463. The van der Waals surface area contributed by atoms with Crippen LogP contribution in [0.5, 0.6) is 0 Å². The zero-order chi connectivity index (χ0) is 9.52. The highest BCUT2D eigenvalue weighted by atomic mass is 16.6.